The average molecular weight is 822 g/mol. The lowest BCUT2D eigenvalue weighted by Crippen LogP contribution is -2.38. The van der Waals surface area contributed by atoms with Crippen LogP contribution in [0.25, 0.3) is 32.6 Å². The Morgan fingerprint density at radius 2 is 1.78 bits per heavy atom. The highest BCUT2D eigenvalue weighted by atomic mass is 35.5. The van der Waals surface area contributed by atoms with Crippen LogP contribution in [0.3, 0.4) is 0 Å². The van der Waals surface area contributed by atoms with Gasteiger partial charge in [0.05, 0.1) is 52.4 Å². The molecular weight excluding hydrogens is 778 g/mol. The summed E-state index contributed by atoms with van der Waals surface area (Å²) in [5.41, 5.74) is 5.62. The first-order valence-electron chi connectivity index (χ1n) is 19.4. The monoisotopic (exact) mass is 821 g/mol. The number of aliphatic carboxylic acids is 1. The van der Waals surface area contributed by atoms with E-state index in [1.807, 2.05) is 73.8 Å². The predicted octanol–water partition coefficient (Wildman–Crippen LogP) is 8.42. The number of methoxy groups -OCH3 is 1. The maximum absolute atomic E-state index is 12.9. The van der Waals surface area contributed by atoms with Gasteiger partial charge >= 0.3 is 5.97 Å². The van der Waals surface area contributed by atoms with Crippen molar-refractivity contribution in [2.45, 2.75) is 51.2 Å². The molecule has 0 spiro atoms. The maximum Gasteiger partial charge on any atom is 0.345 e. The SMILES string of the molecule is COc1ccccc1-c1nccc(COc2ccccc2CC(Oc2nsc3cnc(C4CCC4)c(-c4ccc(OCCN5CCOCC5)c(Cl)c4C)c23)C(=O)O)n1. The van der Waals surface area contributed by atoms with Crippen molar-refractivity contribution in [3.63, 3.8) is 0 Å². The first-order chi connectivity index (χ1) is 28.4. The van der Waals surface area contributed by atoms with Crippen molar-refractivity contribution >= 4 is 39.2 Å². The summed E-state index contributed by atoms with van der Waals surface area (Å²) in [4.78, 5) is 29.3. The van der Waals surface area contributed by atoms with Gasteiger partial charge in [0.15, 0.2) is 5.82 Å². The largest absolute Gasteiger partial charge is 0.496 e. The van der Waals surface area contributed by atoms with Crippen LogP contribution in [-0.2, 0) is 22.6 Å². The average Bonchev–Trinajstić information content (AvgIpc) is 3.64. The highest BCUT2D eigenvalue weighted by Gasteiger charge is 2.31. The van der Waals surface area contributed by atoms with Gasteiger partial charge in [-0.3, -0.25) is 9.88 Å². The number of carboxylic acid groups (broad SMARTS) is 1. The molecule has 6 aromatic rings. The molecule has 1 aliphatic heterocycles. The number of carboxylic acids is 1. The van der Waals surface area contributed by atoms with Gasteiger partial charge in [-0.25, -0.2) is 14.8 Å². The molecule has 1 N–H and O–H groups in total. The van der Waals surface area contributed by atoms with Gasteiger partial charge in [0.2, 0.25) is 12.0 Å². The summed E-state index contributed by atoms with van der Waals surface area (Å²) in [6.45, 7) is 6.63. The van der Waals surface area contributed by atoms with Crippen LogP contribution >= 0.6 is 23.1 Å². The molecule has 1 atom stereocenters. The highest BCUT2D eigenvalue weighted by Crippen LogP contribution is 2.48. The van der Waals surface area contributed by atoms with Gasteiger partial charge in [-0.1, -0.05) is 54.4 Å². The van der Waals surface area contributed by atoms with Crippen LogP contribution in [0.5, 0.6) is 23.1 Å². The molecule has 3 aromatic heterocycles. The standard InChI is InChI=1S/C44H44ClN5O7S/c1-27-31(14-15-35(40(27)45)55-23-20-50-18-21-54-22-19-50)38-39-37(25-47-41(38)28-9-7-10-28)58-49-43(39)57-36(44(51)52)24-29-8-3-5-12-33(29)56-26-30-16-17-46-42(48-30)32-11-4-6-13-34(32)53-2/h3-6,8,11-17,25,28,36H,7,9-10,18-24,26H2,1-2H3,(H,51,52). The van der Waals surface area contributed by atoms with Crippen molar-refractivity contribution < 1.29 is 33.6 Å². The lowest BCUT2D eigenvalue weighted by molar-refractivity contribution is -0.145. The van der Waals surface area contributed by atoms with Crippen molar-refractivity contribution in [1.82, 2.24) is 24.2 Å². The fourth-order valence-corrected chi connectivity index (χ4v) is 8.25. The first-order valence-corrected chi connectivity index (χ1v) is 20.6. The second kappa shape index (κ2) is 18.1. The molecule has 12 nitrogen and oxygen atoms in total. The van der Waals surface area contributed by atoms with Crippen LogP contribution < -0.4 is 18.9 Å². The number of nitrogens with zero attached hydrogens (tertiary/aromatic N) is 5. The normalized spacial score (nSPS) is 15.2. The molecule has 8 rings (SSSR count). The number of halogens is 1. The van der Waals surface area contributed by atoms with Gasteiger partial charge in [-0.05, 0) is 78.3 Å². The zero-order valence-electron chi connectivity index (χ0n) is 32.4. The summed E-state index contributed by atoms with van der Waals surface area (Å²) in [7, 11) is 1.61. The van der Waals surface area contributed by atoms with E-state index in [9.17, 15) is 9.90 Å². The molecule has 4 heterocycles. The van der Waals surface area contributed by atoms with Crippen molar-refractivity contribution in [2.24, 2.45) is 0 Å². The summed E-state index contributed by atoms with van der Waals surface area (Å²) < 4.78 is 35.3. The van der Waals surface area contributed by atoms with Gasteiger partial charge in [-0.2, -0.15) is 4.37 Å². The van der Waals surface area contributed by atoms with Crippen LogP contribution in [-0.4, -0.2) is 88.0 Å². The molecule has 1 aliphatic carbocycles. The zero-order chi connectivity index (χ0) is 40.0. The highest BCUT2D eigenvalue weighted by molar-refractivity contribution is 7.13. The van der Waals surface area contributed by atoms with Gasteiger partial charge in [0.1, 0.15) is 30.5 Å². The molecule has 0 radical (unpaired) electrons. The number of morpholine rings is 1. The van der Waals surface area contributed by atoms with Gasteiger partial charge < -0.3 is 28.8 Å². The summed E-state index contributed by atoms with van der Waals surface area (Å²) in [6, 6.07) is 20.6. The second-order valence-corrected chi connectivity index (χ2v) is 15.5. The summed E-state index contributed by atoms with van der Waals surface area (Å²) in [5.74, 6) is 1.69. The number of ether oxygens (including phenoxy) is 5. The van der Waals surface area contributed by atoms with E-state index in [1.54, 1.807) is 19.4 Å². The molecule has 1 saturated heterocycles. The fourth-order valence-electron chi connectivity index (χ4n) is 7.34. The molecule has 2 aliphatic rings. The number of benzene rings is 3. The number of para-hydroxylation sites is 2. The Morgan fingerprint density at radius 3 is 2.55 bits per heavy atom. The van der Waals surface area contributed by atoms with Crippen LogP contribution in [0.2, 0.25) is 5.02 Å². The minimum Gasteiger partial charge on any atom is -0.496 e. The Morgan fingerprint density at radius 1 is 0.983 bits per heavy atom. The number of carbonyl (C=O) groups is 1. The smallest absolute Gasteiger partial charge is 0.345 e. The molecule has 1 saturated carbocycles. The number of aromatic nitrogens is 4. The third-order valence-corrected chi connectivity index (χ3v) is 12.0. The molecule has 58 heavy (non-hydrogen) atoms. The second-order valence-electron chi connectivity index (χ2n) is 14.3. The van der Waals surface area contributed by atoms with Crippen LogP contribution in [0.4, 0.5) is 0 Å². The number of hydrogen-bond donors (Lipinski definition) is 1. The summed E-state index contributed by atoms with van der Waals surface area (Å²) in [5, 5.41) is 11.8. The van der Waals surface area contributed by atoms with Crippen molar-refractivity contribution in [3.05, 3.63) is 107 Å². The number of pyridine rings is 1. The third kappa shape index (κ3) is 8.58. The van der Waals surface area contributed by atoms with E-state index >= 15 is 0 Å². The number of rotatable bonds is 16. The minimum absolute atomic E-state index is 0.0258. The predicted molar refractivity (Wildman–Crippen MR) is 222 cm³/mol. The summed E-state index contributed by atoms with van der Waals surface area (Å²) >= 11 is 8.26. The third-order valence-electron chi connectivity index (χ3n) is 10.7. The van der Waals surface area contributed by atoms with Crippen molar-refractivity contribution in [3.8, 4) is 45.6 Å². The van der Waals surface area contributed by atoms with Gasteiger partial charge in [-0.15, -0.1) is 0 Å². The van der Waals surface area contributed by atoms with E-state index in [-0.39, 0.29) is 24.8 Å². The van der Waals surface area contributed by atoms with E-state index in [4.69, 9.17) is 45.3 Å². The topological polar surface area (TPSA) is 138 Å². The zero-order valence-corrected chi connectivity index (χ0v) is 33.9. The molecule has 14 heteroatoms. The maximum atomic E-state index is 12.9. The Labute approximate surface area is 345 Å². The van der Waals surface area contributed by atoms with E-state index < -0.39 is 12.1 Å². The fraction of sp³-hybridized carbons (Fsp3) is 0.341. The lowest BCUT2D eigenvalue weighted by Gasteiger charge is -2.28. The quantitative estimate of drug-likeness (QED) is 0.100. The van der Waals surface area contributed by atoms with Gasteiger partial charge in [0.25, 0.3) is 0 Å². The Bertz CT molecular complexity index is 2400. The van der Waals surface area contributed by atoms with E-state index in [0.717, 1.165) is 90.1 Å². The Hall–Kier alpha value is -5.34. The van der Waals surface area contributed by atoms with Crippen LogP contribution in [0, 0.1) is 6.92 Å². The van der Waals surface area contributed by atoms with E-state index in [0.29, 0.717) is 46.0 Å². The molecule has 300 valence electrons. The number of hydrogen-bond acceptors (Lipinski definition) is 12. The molecule has 0 bridgehead atoms. The van der Waals surface area contributed by atoms with Crippen molar-refractivity contribution in [1.29, 1.82) is 0 Å². The van der Waals surface area contributed by atoms with Crippen LogP contribution in [0.1, 0.15) is 47.7 Å². The Balaban J connectivity index is 1.05. The summed E-state index contributed by atoms with van der Waals surface area (Å²) in [6.07, 6.45) is 5.40. The molecule has 2 fully saturated rings. The minimum atomic E-state index is -1.27. The van der Waals surface area contributed by atoms with E-state index in [2.05, 4.69) is 14.3 Å². The molecule has 0 amide bonds. The first kappa shape index (κ1) is 39.5. The number of fused-ring (bicyclic) bond motifs is 1. The molecular formula is C44H44ClN5O7S. The molecule has 3 aromatic carbocycles. The lowest BCUT2D eigenvalue weighted by atomic mass is 9.79. The van der Waals surface area contributed by atoms with E-state index in [1.165, 1.54) is 11.5 Å². The molecule has 1 unspecified atom stereocenters. The van der Waals surface area contributed by atoms with Gasteiger partial charge in [0, 0.05) is 49.9 Å². The Kier molecular flexibility index (Phi) is 12.3. The van der Waals surface area contributed by atoms with Crippen LogP contribution in [0.15, 0.2) is 79.1 Å². The van der Waals surface area contributed by atoms with Crippen molar-refractivity contribution in [2.75, 3.05) is 46.6 Å².